The Morgan fingerprint density at radius 1 is 1.15 bits per heavy atom. The molecule has 0 aliphatic carbocycles. The van der Waals surface area contributed by atoms with Gasteiger partial charge in [0.25, 0.3) is 0 Å². The van der Waals surface area contributed by atoms with E-state index in [1.54, 1.807) is 18.9 Å². The van der Waals surface area contributed by atoms with Crippen LogP contribution in [0.15, 0.2) is 36.4 Å². The molecular formula is C20H20N4O3. The zero-order chi connectivity index (χ0) is 19.0. The van der Waals surface area contributed by atoms with Gasteiger partial charge in [0.1, 0.15) is 5.75 Å². The molecule has 1 aromatic heterocycles. The zero-order valence-electron chi connectivity index (χ0n) is 15.2. The average Bonchev–Trinajstić information content (AvgIpc) is 3.10. The van der Waals surface area contributed by atoms with Crippen LogP contribution < -0.4 is 10.5 Å². The predicted octanol–water partition coefficient (Wildman–Crippen LogP) is 3.36. The van der Waals surface area contributed by atoms with Crippen molar-refractivity contribution in [2.24, 2.45) is 0 Å². The molecule has 0 fully saturated rings. The van der Waals surface area contributed by atoms with Crippen LogP contribution in [-0.4, -0.2) is 34.7 Å². The summed E-state index contributed by atoms with van der Waals surface area (Å²) >= 11 is 0. The van der Waals surface area contributed by atoms with E-state index in [1.807, 2.05) is 30.3 Å². The van der Waals surface area contributed by atoms with E-state index in [0.29, 0.717) is 19.7 Å². The van der Waals surface area contributed by atoms with Crippen molar-refractivity contribution in [2.45, 2.75) is 20.0 Å². The Morgan fingerprint density at radius 2 is 1.93 bits per heavy atom. The van der Waals surface area contributed by atoms with E-state index >= 15 is 0 Å². The van der Waals surface area contributed by atoms with Gasteiger partial charge in [0, 0.05) is 11.1 Å². The number of amides is 1. The summed E-state index contributed by atoms with van der Waals surface area (Å²) in [5.74, 6) is 1.01. The number of benzene rings is 2. The van der Waals surface area contributed by atoms with E-state index in [9.17, 15) is 4.79 Å². The molecule has 7 nitrogen and oxygen atoms in total. The molecule has 0 saturated heterocycles. The van der Waals surface area contributed by atoms with Gasteiger partial charge in [0.05, 0.1) is 38.2 Å². The number of hydrogen-bond donors (Lipinski definition) is 1. The Bertz CT molecular complexity index is 1040. The largest absolute Gasteiger partial charge is 0.497 e. The first-order valence-electron chi connectivity index (χ1n) is 8.74. The number of carbonyl (C=O) groups is 1. The Morgan fingerprint density at radius 3 is 2.70 bits per heavy atom. The normalized spacial score (nSPS) is 12.9. The van der Waals surface area contributed by atoms with E-state index < -0.39 is 0 Å². The van der Waals surface area contributed by atoms with Gasteiger partial charge in [-0.2, -0.15) is 0 Å². The molecule has 2 heterocycles. The van der Waals surface area contributed by atoms with Gasteiger partial charge in [-0.05, 0) is 35.9 Å². The Balaban J connectivity index is 1.75. The molecule has 0 saturated carbocycles. The number of methoxy groups -OCH3 is 1. The number of fused-ring (bicyclic) bond motifs is 2. The highest BCUT2D eigenvalue weighted by atomic mass is 16.6. The van der Waals surface area contributed by atoms with Crippen LogP contribution in [0.3, 0.4) is 0 Å². The highest BCUT2D eigenvalue weighted by molar-refractivity contribution is 5.88. The van der Waals surface area contributed by atoms with E-state index in [-0.39, 0.29) is 12.0 Å². The molecule has 0 radical (unpaired) electrons. The van der Waals surface area contributed by atoms with Crippen LogP contribution in [-0.2, 0) is 17.8 Å². The van der Waals surface area contributed by atoms with Crippen molar-refractivity contribution in [3.05, 3.63) is 47.7 Å². The number of anilines is 1. The van der Waals surface area contributed by atoms with E-state index in [2.05, 4.69) is 16.0 Å². The number of nitrogen functional groups attached to an aromatic ring is 1. The van der Waals surface area contributed by atoms with Crippen molar-refractivity contribution in [2.75, 3.05) is 19.5 Å². The molecule has 1 aliphatic heterocycles. The highest BCUT2D eigenvalue weighted by Gasteiger charge is 2.29. The van der Waals surface area contributed by atoms with Crippen molar-refractivity contribution in [1.82, 2.24) is 14.9 Å². The molecule has 3 aromatic rings. The monoisotopic (exact) mass is 364 g/mol. The molecule has 1 aliphatic rings. The molecule has 0 atom stereocenters. The molecule has 4 rings (SSSR count). The SMILES string of the molecule is CCOC(=O)N1Cc2nc(N)nc(-c3ccc4cc(OC)ccc4c3)c2C1. The molecule has 0 bridgehead atoms. The van der Waals surface area contributed by atoms with Crippen LogP contribution in [0.5, 0.6) is 5.75 Å². The Kier molecular flexibility index (Phi) is 4.27. The molecule has 2 aromatic carbocycles. The fourth-order valence-corrected chi connectivity index (χ4v) is 3.35. The molecule has 138 valence electrons. The van der Waals surface area contributed by atoms with Crippen LogP contribution in [0.2, 0.25) is 0 Å². The molecule has 0 spiro atoms. The van der Waals surface area contributed by atoms with Crippen molar-refractivity contribution in [3.8, 4) is 17.0 Å². The third kappa shape index (κ3) is 3.12. The number of nitrogens with zero attached hydrogens (tertiary/aromatic N) is 3. The Hall–Kier alpha value is -3.35. The van der Waals surface area contributed by atoms with E-state index in [1.165, 1.54) is 0 Å². The lowest BCUT2D eigenvalue weighted by atomic mass is 10.0. The lowest BCUT2D eigenvalue weighted by molar-refractivity contribution is 0.106. The number of carbonyl (C=O) groups excluding carboxylic acids is 1. The quantitative estimate of drug-likeness (QED) is 0.766. The fourth-order valence-electron chi connectivity index (χ4n) is 3.35. The summed E-state index contributed by atoms with van der Waals surface area (Å²) in [7, 11) is 1.65. The fraction of sp³-hybridized carbons (Fsp3) is 0.250. The molecule has 2 N–H and O–H groups in total. The van der Waals surface area contributed by atoms with E-state index in [0.717, 1.165) is 39.0 Å². The van der Waals surface area contributed by atoms with Gasteiger partial charge in [0.2, 0.25) is 5.95 Å². The van der Waals surface area contributed by atoms with Crippen molar-refractivity contribution in [1.29, 1.82) is 0 Å². The van der Waals surface area contributed by atoms with E-state index in [4.69, 9.17) is 15.2 Å². The number of nitrogens with two attached hydrogens (primary N) is 1. The highest BCUT2D eigenvalue weighted by Crippen LogP contribution is 2.33. The summed E-state index contributed by atoms with van der Waals surface area (Å²) in [4.78, 5) is 22.5. The first-order valence-corrected chi connectivity index (χ1v) is 8.74. The first-order chi connectivity index (χ1) is 13.1. The number of hydrogen-bond acceptors (Lipinski definition) is 6. The average molecular weight is 364 g/mol. The van der Waals surface area contributed by atoms with Crippen molar-refractivity contribution >= 4 is 22.8 Å². The summed E-state index contributed by atoms with van der Waals surface area (Å²) in [6, 6.07) is 12.0. The van der Waals surface area contributed by atoms with Gasteiger partial charge in [-0.3, -0.25) is 4.90 Å². The van der Waals surface area contributed by atoms with Gasteiger partial charge in [-0.25, -0.2) is 14.8 Å². The Labute approximate surface area is 156 Å². The third-order valence-electron chi connectivity index (χ3n) is 4.65. The molecule has 1 amide bonds. The van der Waals surface area contributed by atoms with Crippen molar-refractivity contribution < 1.29 is 14.3 Å². The lowest BCUT2D eigenvalue weighted by Gasteiger charge is -2.14. The summed E-state index contributed by atoms with van der Waals surface area (Å²) in [5, 5.41) is 2.14. The van der Waals surface area contributed by atoms with Gasteiger partial charge in [0.15, 0.2) is 0 Å². The molecular weight excluding hydrogens is 344 g/mol. The second kappa shape index (κ2) is 6.75. The molecule has 27 heavy (non-hydrogen) atoms. The summed E-state index contributed by atoms with van der Waals surface area (Å²) in [6.45, 7) is 2.90. The zero-order valence-corrected chi connectivity index (χ0v) is 15.2. The number of ether oxygens (including phenoxy) is 2. The van der Waals surface area contributed by atoms with Crippen LogP contribution in [0, 0.1) is 0 Å². The van der Waals surface area contributed by atoms with Crippen LogP contribution in [0.25, 0.3) is 22.0 Å². The standard InChI is InChI=1S/C20H20N4O3/c1-3-27-20(25)24-10-16-17(11-24)22-19(21)23-18(16)14-5-4-13-9-15(26-2)7-6-12(13)8-14/h4-9H,3,10-11H2,1-2H3,(H2,21,22,23). The van der Waals surface area contributed by atoms with Gasteiger partial charge in [-0.15, -0.1) is 0 Å². The summed E-state index contributed by atoms with van der Waals surface area (Å²) in [5.41, 5.74) is 9.28. The van der Waals surface area contributed by atoms with Gasteiger partial charge >= 0.3 is 6.09 Å². The number of rotatable bonds is 3. The molecule has 7 heteroatoms. The first kappa shape index (κ1) is 17.1. The maximum Gasteiger partial charge on any atom is 0.410 e. The van der Waals surface area contributed by atoms with Gasteiger partial charge in [-0.1, -0.05) is 18.2 Å². The van der Waals surface area contributed by atoms with Crippen molar-refractivity contribution in [3.63, 3.8) is 0 Å². The van der Waals surface area contributed by atoms with Crippen LogP contribution in [0.4, 0.5) is 10.7 Å². The minimum Gasteiger partial charge on any atom is -0.497 e. The number of aromatic nitrogens is 2. The summed E-state index contributed by atoms with van der Waals surface area (Å²) < 4.78 is 10.4. The third-order valence-corrected chi connectivity index (χ3v) is 4.65. The van der Waals surface area contributed by atoms with Gasteiger partial charge < -0.3 is 15.2 Å². The minimum absolute atomic E-state index is 0.198. The molecule has 0 unspecified atom stereocenters. The van der Waals surface area contributed by atoms with Crippen LogP contribution in [0.1, 0.15) is 18.2 Å². The van der Waals surface area contributed by atoms with Crippen LogP contribution >= 0.6 is 0 Å². The summed E-state index contributed by atoms with van der Waals surface area (Å²) in [6.07, 6.45) is -0.356. The lowest BCUT2D eigenvalue weighted by Crippen LogP contribution is -2.26. The second-order valence-electron chi connectivity index (χ2n) is 6.34. The second-order valence-corrected chi connectivity index (χ2v) is 6.34. The maximum atomic E-state index is 12.1. The smallest absolute Gasteiger partial charge is 0.410 e. The topological polar surface area (TPSA) is 90.6 Å². The minimum atomic E-state index is -0.356. The maximum absolute atomic E-state index is 12.1. The predicted molar refractivity (Wildman–Crippen MR) is 102 cm³/mol.